The number of nitrogens with zero attached hydrogens (tertiary/aromatic N) is 1. The molecule has 0 spiro atoms. The number of esters is 1. The first-order valence-electron chi connectivity index (χ1n) is 7.73. The second-order valence-electron chi connectivity index (χ2n) is 5.45. The highest BCUT2D eigenvalue weighted by molar-refractivity contribution is 6.02. The molecule has 1 heterocycles. The maximum atomic E-state index is 12.5. The van der Waals surface area contributed by atoms with Gasteiger partial charge in [0.25, 0.3) is 5.91 Å². The predicted molar refractivity (Wildman–Crippen MR) is 89.3 cm³/mol. The van der Waals surface area contributed by atoms with Crippen molar-refractivity contribution in [3.63, 3.8) is 0 Å². The Morgan fingerprint density at radius 2 is 2.12 bits per heavy atom. The monoisotopic (exact) mass is 331 g/mol. The number of carbonyl (C=O) groups is 2. The number of rotatable bonds is 6. The van der Waals surface area contributed by atoms with Crippen LogP contribution in [-0.4, -0.2) is 45.4 Å². The Bertz CT molecular complexity index is 677. The van der Waals surface area contributed by atoms with E-state index >= 15 is 0 Å². The fraction of sp³-hybridized carbons (Fsp3) is 0.444. The van der Waals surface area contributed by atoms with Crippen molar-refractivity contribution in [2.45, 2.75) is 25.9 Å². The van der Waals surface area contributed by atoms with Gasteiger partial charge in [0.15, 0.2) is 6.10 Å². The molecule has 0 fully saturated rings. The van der Waals surface area contributed by atoms with Gasteiger partial charge in [0, 0.05) is 25.8 Å². The quantitative estimate of drug-likeness (QED) is 0.453. The van der Waals surface area contributed by atoms with E-state index < -0.39 is 12.1 Å². The molecule has 2 rings (SSSR count). The Hall–Kier alpha value is -2.52. The second kappa shape index (κ2) is 7.84. The van der Waals surface area contributed by atoms with Gasteiger partial charge in [-0.15, -0.1) is 6.42 Å². The van der Waals surface area contributed by atoms with Crippen LogP contribution in [0, 0.1) is 12.3 Å². The summed E-state index contributed by atoms with van der Waals surface area (Å²) in [6, 6.07) is 3.17. The van der Waals surface area contributed by atoms with Crippen molar-refractivity contribution in [1.82, 2.24) is 0 Å². The number of fused-ring (bicyclic) bond motifs is 1. The number of anilines is 1. The largest absolute Gasteiger partial charge is 0.479 e. The van der Waals surface area contributed by atoms with Crippen molar-refractivity contribution in [2.75, 3.05) is 32.3 Å². The minimum atomic E-state index is -0.602. The van der Waals surface area contributed by atoms with E-state index in [0.29, 0.717) is 30.2 Å². The van der Waals surface area contributed by atoms with E-state index in [1.54, 1.807) is 31.1 Å². The summed E-state index contributed by atoms with van der Waals surface area (Å²) in [5.74, 6) is 2.26. The van der Waals surface area contributed by atoms with Crippen LogP contribution in [0.3, 0.4) is 0 Å². The Morgan fingerprint density at radius 3 is 2.75 bits per heavy atom. The zero-order valence-electron chi connectivity index (χ0n) is 14.1. The van der Waals surface area contributed by atoms with Gasteiger partial charge in [0.1, 0.15) is 5.75 Å². The standard InChI is InChI=1S/C18H21NO5/c1-5-13-10-16-15(11-14(13)18(21)23-4)19(8-6-7-9-22-3)17(20)12(2)24-16/h1,10-12H,6-9H2,2-4H3/t12-/m1/s1. The van der Waals surface area contributed by atoms with Crippen LogP contribution >= 0.6 is 0 Å². The van der Waals surface area contributed by atoms with E-state index in [0.717, 1.165) is 12.8 Å². The van der Waals surface area contributed by atoms with Crippen molar-refractivity contribution in [2.24, 2.45) is 0 Å². The lowest BCUT2D eigenvalue weighted by Gasteiger charge is -2.33. The van der Waals surface area contributed by atoms with Gasteiger partial charge in [0.05, 0.1) is 18.4 Å². The molecule has 1 amide bonds. The van der Waals surface area contributed by atoms with Crippen molar-refractivity contribution in [3.8, 4) is 18.1 Å². The summed E-state index contributed by atoms with van der Waals surface area (Å²) in [6.45, 7) is 2.83. The number of hydrogen-bond donors (Lipinski definition) is 0. The van der Waals surface area contributed by atoms with Crippen molar-refractivity contribution < 1.29 is 23.8 Å². The van der Waals surface area contributed by atoms with Crippen LogP contribution in [0.4, 0.5) is 5.69 Å². The van der Waals surface area contributed by atoms with Crippen LogP contribution in [-0.2, 0) is 14.3 Å². The molecule has 0 N–H and O–H groups in total. The van der Waals surface area contributed by atoms with Gasteiger partial charge in [0.2, 0.25) is 0 Å². The van der Waals surface area contributed by atoms with Gasteiger partial charge in [-0.05, 0) is 31.9 Å². The Balaban J connectivity index is 2.40. The fourth-order valence-electron chi connectivity index (χ4n) is 2.60. The van der Waals surface area contributed by atoms with Crippen LogP contribution in [0.2, 0.25) is 0 Å². The molecule has 128 valence electrons. The topological polar surface area (TPSA) is 65.1 Å². The van der Waals surface area contributed by atoms with Crippen molar-refractivity contribution in [1.29, 1.82) is 0 Å². The van der Waals surface area contributed by atoms with Crippen LogP contribution in [0.1, 0.15) is 35.7 Å². The van der Waals surface area contributed by atoms with Gasteiger partial charge in [-0.3, -0.25) is 4.79 Å². The molecule has 0 aromatic heterocycles. The van der Waals surface area contributed by atoms with Gasteiger partial charge in [-0.2, -0.15) is 0 Å². The third-order valence-electron chi connectivity index (χ3n) is 3.85. The first-order valence-corrected chi connectivity index (χ1v) is 7.73. The molecular formula is C18H21NO5. The molecule has 0 saturated heterocycles. The van der Waals surface area contributed by atoms with Gasteiger partial charge >= 0.3 is 5.97 Å². The highest BCUT2D eigenvalue weighted by Gasteiger charge is 2.32. The first kappa shape index (κ1) is 17.8. The summed E-state index contributed by atoms with van der Waals surface area (Å²) < 4.78 is 15.5. The zero-order valence-corrected chi connectivity index (χ0v) is 14.1. The van der Waals surface area contributed by atoms with Crippen LogP contribution < -0.4 is 9.64 Å². The molecule has 0 bridgehead atoms. The average molecular weight is 331 g/mol. The molecule has 0 saturated carbocycles. The Morgan fingerprint density at radius 1 is 1.38 bits per heavy atom. The van der Waals surface area contributed by atoms with Gasteiger partial charge < -0.3 is 19.1 Å². The molecule has 6 heteroatoms. The van der Waals surface area contributed by atoms with E-state index in [9.17, 15) is 9.59 Å². The molecule has 1 aliphatic heterocycles. The fourth-order valence-corrected chi connectivity index (χ4v) is 2.60. The first-order chi connectivity index (χ1) is 11.5. The third kappa shape index (κ3) is 3.52. The van der Waals surface area contributed by atoms with Gasteiger partial charge in [-0.25, -0.2) is 4.79 Å². The summed E-state index contributed by atoms with van der Waals surface area (Å²) in [6.07, 6.45) is 6.48. The number of amides is 1. The number of methoxy groups -OCH3 is 2. The average Bonchev–Trinajstić information content (AvgIpc) is 2.59. The number of terminal acetylenes is 1. The normalized spacial score (nSPS) is 16.2. The number of unbranched alkanes of at least 4 members (excludes halogenated alkanes) is 1. The Kier molecular flexibility index (Phi) is 5.83. The van der Waals surface area contributed by atoms with Crippen LogP contribution in [0.25, 0.3) is 0 Å². The second-order valence-corrected chi connectivity index (χ2v) is 5.45. The summed E-state index contributed by atoms with van der Waals surface area (Å²) in [7, 11) is 2.93. The smallest absolute Gasteiger partial charge is 0.339 e. The summed E-state index contributed by atoms with van der Waals surface area (Å²) in [5, 5.41) is 0. The lowest BCUT2D eigenvalue weighted by molar-refractivity contribution is -0.125. The molecular weight excluding hydrogens is 310 g/mol. The minimum absolute atomic E-state index is 0.149. The zero-order chi connectivity index (χ0) is 17.7. The lowest BCUT2D eigenvalue weighted by Crippen LogP contribution is -2.45. The highest BCUT2D eigenvalue weighted by atomic mass is 16.5. The molecule has 1 atom stereocenters. The van der Waals surface area contributed by atoms with Crippen LogP contribution in [0.5, 0.6) is 5.75 Å². The van der Waals surface area contributed by atoms with E-state index in [2.05, 4.69) is 5.92 Å². The van der Waals surface area contributed by atoms with Crippen LogP contribution in [0.15, 0.2) is 12.1 Å². The maximum Gasteiger partial charge on any atom is 0.339 e. The summed E-state index contributed by atoms with van der Waals surface area (Å²) in [4.78, 5) is 26.1. The number of hydrogen-bond acceptors (Lipinski definition) is 5. The highest BCUT2D eigenvalue weighted by Crippen LogP contribution is 2.37. The molecule has 0 radical (unpaired) electrons. The lowest BCUT2D eigenvalue weighted by atomic mass is 10.0. The molecule has 6 nitrogen and oxygen atoms in total. The van der Waals surface area contributed by atoms with E-state index in [1.165, 1.54) is 7.11 Å². The third-order valence-corrected chi connectivity index (χ3v) is 3.85. The van der Waals surface area contributed by atoms with Gasteiger partial charge in [-0.1, -0.05) is 5.92 Å². The number of benzene rings is 1. The SMILES string of the molecule is C#Cc1cc2c(cc1C(=O)OC)N(CCCCOC)C(=O)[C@@H](C)O2. The van der Waals surface area contributed by atoms with Crippen molar-refractivity contribution in [3.05, 3.63) is 23.3 Å². The number of ether oxygens (including phenoxy) is 3. The number of carbonyl (C=O) groups excluding carboxylic acids is 2. The van der Waals surface area contributed by atoms with Crippen molar-refractivity contribution >= 4 is 17.6 Å². The molecule has 0 unspecified atom stereocenters. The van der Waals surface area contributed by atoms with E-state index in [1.807, 2.05) is 0 Å². The molecule has 0 aliphatic carbocycles. The summed E-state index contributed by atoms with van der Waals surface area (Å²) in [5.41, 5.74) is 1.16. The molecule has 1 aromatic rings. The molecule has 1 aliphatic rings. The molecule has 1 aromatic carbocycles. The van der Waals surface area contributed by atoms with E-state index in [4.69, 9.17) is 20.6 Å². The maximum absolute atomic E-state index is 12.5. The van der Waals surface area contributed by atoms with E-state index in [-0.39, 0.29) is 11.5 Å². The Labute approximate surface area is 141 Å². The summed E-state index contributed by atoms with van der Waals surface area (Å²) >= 11 is 0. The predicted octanol–water partition coefficient (Wildman–Crippen LogP) is 1.99. The minimum Gasteiger partial charge on any atom is -0.479 e. The molecule has 24 heavy (non-hydrogen) atoms.